The highest BCUT2D eigenvalue weighted by atomic mass is 16.6. The van der Waals surface area contributed by atoms with Crippen molar-refractivity contribution < 1.29 is 14.2 Å². The lowest BCUT2D eigenvalue weighted by Crippen LogP contribution is -2.50. The minimum absolute atomic E-state index is 0.187. The minimum Gasteiger partial charge on any atom is -0.632 e. The van der Waals surface area contributed by atoms with Crippen LogP contribution in [0.4, 0.5) is 22.4 Å². The molecule has 206 valence electrons. The molecule has 0 aliphatic carbocycles. The molecule has 1 unspecified atom stereocenters. The van der Waals surface area contributed by atoms with E-state index in [4.69, 9.17) is 14.7 Å². The number of rotatable bonds is 5. The predicted molar refractivity (Wildman–Crippen MR) is 147 cm³/mol. The van der Waals surface area contributed by atoms with Gasteiger partial charge in [0.05, 0.1) is 18.2 Å². The zero-order valence-corrected chi connectivity index (χ0v) is 23.0. The van der Waals surface area contributed by atoms with E-state index in [0.717, 1.165) is 48.7 Å². The number of fused-ring (bicyclic) bond motifs is 3. The Hall–Kier alpha value is -3.18. The first kappa shape index (κ1) is 26.4. The molecule has 38 heavy (non-hydrogen) atoms. The lowest BCUT2D eigenvalue weighted by Gasteiger charge is -2.43. The second-order valence-corrected chi connectivity index (χ2v) is 11.6. The average molecular weight is 525 g/mol. The van der Waals surface area contributed by atoms with Gasteiger partial charge < -0.3 is 34.6 Å². The Morgan fingerprint density at radius 1 is 1.16 bits per heavy atom. The number of nitrogens with one attached hydrogen (secondary N) is 1. The summed E-state index contributed by atoms with van der Waals surface area (Å²) in [5.74, 6) is 2.39. The smallest absolute Gasteiger partial charge is 0.410 e. The summed E-state index contributed by atoms with van der Waals surface area (Å²) in [6.45, 7) is 13.1. The van der Waals surface area contributed by atoms with Crippen molar-refractivity contribution in [1.29, 1.82) is 0 Å². The van der Waals surface area contributed by atoms with Gasteiger partial charge in [0.15, 0.2) is 0 Å². The van der Waals surface area contributed by atoms with Crippen LogP contribution in [0.2, 0.25) is 0 Å². The molecular weight excluding hydrogens is 484 g/mol. The molecule has 2 aromatic heterocycles. The molecule has 0 bridgehead atoms. The van der Waals surface area contributed by atoms with Crippen molar-refractivity contribution in [3.63, 3.8) is 0 Å². The fourth-order valence-corrected chi connectivity index (χ4v) is 5.66. The summed E-state index contributed by atoms with van der Waals surface area (Å²) in [6, 6.07) is 4.19. The summed E-state index contributed by atoms with van der Waals surface area (Å²) >= 11 is 0. The van der Waals surface area contributed by atoms with Gasteiger partial charge in [0.2, 0.25) is 5.95 Å². The van der Waals surface area contributed by atoms with Crippen LogP contribution in [-0.4, -0.2) is 88.0 Å². The fourth-order valence-electron chi connectivity index (χ4n) is 5.66. The summed E-state index contributed by atoms with van der Waals surface area (Å²) in [5.41, 5.74) is 1.34. The number of hydrogen-bond donors (Lipinski definition) is 1. The molecule has 2 aromatic rings. The molecule has 3 aliphatic heterocycles. The SMILES string of the molecule is CCNc1ncc2c(n1)N1CCC[C@H]1C[N+]([O-])(Cc1ccc(N3CCN(C(=O)OC(C)(C)C)CC3)nc1)C2. The molecule has 0 spiro atoms. The van der Waals surface area contributed by atoms with Crippen LogP contribution in [0, 0.1) is 5.21 Å². The van der Waals surface area contributed by atoms with Gasteiger partial charge in [0.1, 0.15) is 30.3 Å². The largest absolute Gasteiger partial charge is 0.632 e. The third kappa shape index (κ3) is 5.94. The number of hydrogen-bond acceptors (Lipinski definition) is 9. The van der Waals surface area contributed by atoms with Gasteiger partial charge in [-0.3, -0.25) is 0 Å². The van der Waals surface area contributed by atoms with E-state index < -0.39 is 5.60 Å². The van der Waals surface area contributed by atoms with Crippen LogP contribution in [0.5, 0.6) is 0 Å². The number of carbonyl (C=O) groups is 1. The van der Waals surface area contributed by atoms with Crippen LogP contribution in [0.25, 0.3) is 0 Å². The second-order valence-electron chi connectivity index (χ2n) is 11.6. The van der Waals surface area contributed by atoms with E-state index in [1.807, 2.05) is 52.2 Å². The third-order valence-corrected chi connectivity index (χ3v) is 7.36. The Kier molecular flexibility index (Phi) is 7.32. The first-order chi connectivity index (χ1) is 18.1. The normalized spacial score (nSPS) is 23.5. The van der Waals surface area contributed by atoms with Crippen LogP contribution < -0.4 is 15.1 Å². The zero-order chi connectivity index (χ0) is 26.9. The number of ether oxygens (including phenoxy) is 1. The van der Waals surface area contributed by atoms with Gasteiger partial charge >= 0.3 is 6.09 Å². The van der Waals surface area contributed by atoms with Crippen molar-refractivity contribution in [1.82, 2.24) is 19.9 Å². The molecule has 0 aromatic carbocycles. The maximum Gasteiger partial charge on any atom is 0.410 e. The standard InChI is InChI=1S/C27H40N8O3/c1-5-28-25-30-16-21-18-35(37,19-22-7-6-10-34(22)24(21)31-25)17-20-8-9-23(29-15-20)32-11-13-33(14-12-32)26(36)38-27(2,3)4/h8-9,15-16,22H,5-7,10-14,17-19H2,1-4H3,(H,28,30,31)/t22-,35?/m0/s1. The number of quaternary nitrogens is 1. The van der Waals surface area contributed by atoms with E-state index in [9.17, 15) is 10.0 Å². The molecule has 1 amide bonds. The lowest BCUT2D eigenvalue weighted by atomic mass is 10.1. The van der Waals surface area contributed by atoms with Gasteiger partial charge in [-0.1, -0.05) is 0 Å². The number of hydroxylamine groups is 3. The summed E-state index contributed by atoms with van der Waals surface area (Å²) in [4.78, 5) is 32.5. The van der Waals surface area contributed by atoms with Crippen LogP contribution in [0.15, 0.2) is 24.5 Å². The first-order valence-electron chi connectivity index (χ1n) is 13.7. The summed E-state index contributed by atoms with van der Waals surface area (Å²) < 4.78 is 5.16. The van der Waals surface area contributed by atoms with Gasteiger partial charge in [0, 0.05) is 57.2 Å². The summed E-state index contributed by atoms with van der Waals surface area (Å²) in [7, 11) is 0. The number of anilines is 3. The lowest BCUT2D eigenvalue weighted by molar-refractivity contribution is -0.907. The molecule has 3 aliphatic rings. The summed E-state index contributed by atoms with van der Waals surface area (Å²) in [5, 5.41) is 17.4. The van der Waals surface area contributed by atoms with Gasteiger partial charge in [-0.25, -0.2) is 14.8 Å². The van der Waals surface area contributed by atoms with Crippen LogP contribution >= 0.6 is 0 Å². The molecule has 0 saturated carbocycles. The van der Waals surface area contributed by atoms with Crippen LogP contribution in [-0.2, 0) is 17.8 Å². The minimum atomic E-state index is -0.499. The van der Waals surface area contributed by atoms with E-state index in [1.165, 1.54) is 0 Å². The Bertz CT molecular complexity index is 1130. The van der Waals surface area contributed by atoms with Crippen molar-refractivity contribution in [3.05, 3.63) is 40.9 Å². The monoisotopic (exact) mass is 524 g/mol. The quantitative estimate of drug-likeness (QED) is 0.465. The van der Waals surface area contributed by atoms with Crippen molar-refractivity contribution >= 4 is 23.7 Å². The van der Waals surface area contributed by atoms with E-state index in [1.54, 1.807) is 4.90 Å². The number of pyridine rings is 1. The van der Waals surface area contributed by atoms with E-state index >= 15 is 0 Å². The van der Waals surface area contributed by atoms with Gasteiger partial charge in [-0.05, 0) is 52.7 Å². The fraction of sp³-hybridized carbons (Fsp3) is 0.630. The Labute approximate surface area is 225 Å². The van der Waals surface area contributed by atoms with Gasteiger partial charge in [-0.15, -0.1) is 0 Å². The Morgan fingerprint density at radius 2 is 1.95 bits per heavy atom. The van der Waals surface area contributed by atoms with Crippen molar-refractivity contribution in [2.24, 2.45) is 0 Å². The molecule has 0 radical (unpaired) electrons. The number of piperazine rings is 1. The number of carbonyl (C=O) groups excluding carboxylic acids is 1. The predicted octanol–water partition coefficient (Wildman–Crippen LogP) is 3.36. The maximum absolute atomic E-state index is 14.2. The molecule has 2 fully saturated rings. The molecule has 11 heteroatoms. The second kappa shape index (κ2) is 10.5. The van der Waals surface area contributed by atoms with E-state index in [2.05, 4.69) is 20.1 Å². The molecule has 11 nitrogen and oxygen atoms in total. The molecule has 1 N–H and O–H groups in total. The Balaban J connectivity index is 1.24. The van der Waals surface area contributed by atoms with Gasteiger partial charge in [-0.2, -0.15) is 4.98 Å². The van der Waals surface area contributed by atoms with Crippen molar-refractivity contribution in [3.8, 4) is 0 Å². The molecular formula is C27H40N8O3. The van der Waals surface area contributed by atoms with Crippen LogP contribution in [0.3, 0.4) is 0 Å². The average Bonchev–Trinajstić information content (AvgIpc) is 3.27. The highest BCUT2D eigenvalue weighted by Crippen LogP contribution is 2.35. The number of aromatic nitrogens is 3. The van der Waals surface area contributed by atoms with E-state index in [-0.39, 0.29) is 16.8 Å². The zero-order valence-electron chi connectivity index (χ0n) is 23.0. The topological polar surface area (TPSA) is 110 Å². The molecule has 2 saturated heterocycles. The summed E-state index contributed by atoms with van der Waals surface area (Å²) in [6.07, 6.45) is 5.46. The number of amides is 1. The Morgan fingerprint density at radius 3 is 2.63 bits per heavy atom. The number of nitrogens with zero attached hydrogens (tertiary/aromatic N) is 7. The molecule has 5 heterocycles. The highest BCUT2D eigenvalue weighted by molar-refractivity contribution is 5.68. The first-order valence-corrected chi connectivity index (χ1v) is 13.7. The van der Waals surface area contributed by atoms with Gasteiger partial charge in [0.25, 0.3) is 0 Å². The van der Waals surface area contributed by atoms with Crippen molar-refractivity contribution in [2.45, 2.75) is 65.3 Å². The van der Waals surface area contributed by atoms with Crippen LogP contribution in [0.1, 0.15) is 51.7 Å². The molecule has 2 atom stereocenters. The third-order valence-electron chi connectivity index (χ3n) is 7.36. The van der Waals surface area contributed by atoms with E-state index in [0.29, 0.717) is 51.8 Å². The van der Waals surface area contributed by atoms with Crippen molar-refractivity contribution in [2.75, 3.05) is 60.9 Å². The maximum atomic E-state index is 14.2. The molecule has 5 rings (SSSR count). The highest BCUT2D eigenvalue weighted by Gasteiger charge is 2.38.